The molecule has 190 valence electrons. The lowest BCUT2D eigenvalue weighted by molar-refractivity contribution is -0.129. The van der Waals surface area contributed by atoms with E-state index in [0.717, 1.165) is 36.0 Å². The zero-order valence-corrected chi connectivity index (χ0v) is 21.1. The molecule has 4 N–H and O–H groups in total. The number of benzene rings is 2. The minimum atomic E-state index is -1.09. The summed E-state index contributed by atoms with van der Waals surface area (Å²) in [6.07, 6.45) is 3.30. The van der Waals surface area contributed by atoms with E-state index < -0.39 is 29.2 Å². The van der Waals surface area contributed by atoms with Gasteiger partial charge in [0.05, 0.1) is 6.07 Å². The quantitative estimate of drug-likeness (QED) is 0.534. The second kappa shape index (κ2) is 11.3. The van der Waals surface area contributed by atoms with Crippen molar-refractivity contribution in [1.82, 2.24) is 10.6 Å². The van der Waals surface area contributed by atoms with E-state index in [1.807, 2.05) is 36.4 Å². The van der Waals surface area contributed by atoms with E-state index in [9.17, 15) is 19.6 Å². The van der Waals surface area contributed by atoms with E-state index in [-0.39, 0.29) is 5.91 Å². The fraction of sp³-hybridized carbons (Fsp3) is 0.429. The van der Waals surface area contributed by atoms with Crippen LogP contribution in [0.15, 0.2) is 48.5 Å². The van der Waals surface area contributed by atoms with Crippen LogP contribution in [0.1, 0.15) is 68.8 Å². The van der Waals surface area contributed by atoms with Crippen molar-refractivity contribution in [3.8, 4) is 17.2 Å². The number of hydrogen-bond donors (Lipinski definition) is 3. The highest BCUT2D eigenvalue weighted by atomic mass is 16.6. The molecule has 0 bridgehead atoms. The molecule has 2 aromatic carbocycles. The average Bonchev–Trinajstić information content (AvgIpc) is 2.83. The number of hydrogen-bond acceptors (Lipinski definition) is 5. The van der Waals surface area contributed by atoms with Gasteiger partial charge in [-0.05, 0) is 62.4 Å². The second-order valence-corrected chi connectivity index (χ2v) is 10.3. The maximum atomic E-state index is 13.3. The zero-order chi connectivity index (χ0) is 26.3. The van der Waals surface area contributed by atoms with Crippen LogP contribution in [0.4, 0.5) is 4.79 Å². The van der Waals surface area contributed by atoms with E-state index in [4.69, 9.17) is 10.5 Å². The fourth-order valence-corrected chi connectivity index (χ4v) is 4.38. The van der Waals surface area contributed by atoms with Crippen LogP contribution in [0.5, 0.6) is 0 Å². The van der Waals surface area contributed by atoms with Crippen molar-refractivity contribution in [2.24, 2.45) is 5.73 Å². The Labute approximate surface area is 212 Å². The Hall–Kier alpha value is -3.86. The number of nitrogens with one attached hydrogen (secondary N) is 2. The summed E-state index contributed by atoms with van der Waals surface area (Å²) in [6, 6.07) is 16.1. The van der Waals surface area contributed by atoms with Gasteiger partial charge in [0.15, 0.2) is 0 Å². The Kier molecular flexibility index (Phi) is 8.36. The molecular formula is C28H34N4O4. The first-order chi connectivity index (χ1) is 17.0. The van der Waals surface area contributed by atoms with Crippen molar-refractivity contribution in [3.63, 3.8) is 0 Å². The Morgan fingerprint density at radius 1 is 1.00 bits per heavy atom. The maximum Gasteiger partial charge on any atom is 0.408 e. The van der Waals surface area contributed by atoms with Crippen LogP contribution in [-0.4, -0.2) is 35.1 Å². The van der Waals surface area contributed by atoms with Crippen molar-refractivity contribution in [2.75, 3.05) is 0 Å². The first-order valence-corrected chi connectivity index (χ1v) is 12.2. The van der Waals surface area contributed by atoms with E-state index in [1.54, 1.807) is 32.9 Å². The molecule has 1 fully saturated rings. The van der Waals surface area contributed by atoms with Crippen molar-refractivity contribution in [3.05, 3.63) is 59.7 Å². The predicted octanol–water partition coefficient (Wildman–Crippen LogP) is 4.23. The van der Waals surface area contributed by atoms with E-state index in [1.165, 1.54) is 0 Å². The molecular weight excluding hydrogens is 456 g/mol. The van der Waals surface area contributed by atoms with Gasteiger partial charge < -0.3 is 21.1 Å². The highest BCUT2D eigenvalue weighted by molar-refractivity contribution is 5.93. The van der Waals surface area contributed by atoms with E-state index in [2.05, 4.69) is 16.7 Å². The van der Waals surface area contributed by atoms with Crippen LogP contribution in [0.2, 0.25) is 0 Å². The molecule has 0 radical (unpaired) electrons. The monoisotopic (exact) mass is 490 g/mol. The third-order valence-corrected chi connectivity index (χ3v) is 6.24. The summed E-state index contributed by atoms with van der Waals surface area (Å²) in [7, 11) is 0. The molecule has 36 heavy (non-hydrogen) atoms. The number of amides is 3. The van der Waals surface area contributed by atoms with Gasteiger partial charge >= 0.3 is 6.09 Å². The molecule has 0 spiro atoms. The molecule has 3 amide bonds. The first kappa shape index (κ1) is 26.7. The Morgan fingerprint density at radius 3 is 2.06 bits per heavy atom. The summed E-state index contributed by atoms with van der Waals surface area (Å²) in [6.45, 7) is 5.31. The summed E-state index contributed by atoms with van der Waals surface area (Å²) in [4.78, 5) is 37.1. The second-order valence-electron chi connectivity index (χ2n) is 10.3. The minimum absolute atomic E-state index is 0.325. The van der Waals surface area contributed by atoms with E-state index >= 15 is 0 Å². The molecule has 1 aliphatic carbocycles. The van der Waals surface area contributed by atoms with Crippen molar-refractivity contribution in [2.45, 2.75) is 76.5 Å². The minimum Gasteiger partial charge on any atom is -0.444 e. The lowest BCUT2D eigenvalue weighted by Gasteiger charge is -2.37. The number of primary amides is 1. The zero-order valence-electron chi connectivity index (χ0n) is 21.1. The topological polar surface area (TPSA) is 134 Å². The predicted molar refractivity (Wildman–Crippen MR) is 137 cm³/mol. The third-order valence-electron chi connectivity index (χ3n) is 6.24. The van der Waals surface area contributed by atoms with Gasteiger partial charge in [-0.1, -0.05) is 55.7 Å². The first-order valence-electron chi connectivity index (χ1n) is 12.2. The maximum absolute atomic E-state index is 13.3. The Balaban J connectivity index is 1.67. The summed E-state index contributed by atoms with van der Waals surface area (Å²) < 4.78 is 5.39. The van der Waals surface area contributed by atoms with Gasteiger partial charge in [-0.25, -0.2) is 4.79 Å². The van der Waals surface area contributed by atoms with Gasteiger partial charge in [0.25, 0.3) is 0 Å². The smallest absolute Gasteiger partial charge is 0.408 e. The average molecular weight is 491 g/mol. The number of carbonyl (C=O) groups is 3. The number of nitriles is 1. The van der Waals surface area contributed by atoms with Gasteiger partial charge in [-0.3, -0.25) is 9.59 Å². The summed E-state index contributed by atoms with van der Waals surface area (Å²) >= 11 is 0. The Morgan fingerprint density at radius 2 is 1.56 bits per heavy atom. The number of rotatable bonds is 7. The molecule has 3 rings (SSSR count). The number of ether oxygens (including phenoxy) is 1. The van der Waals surface area contributed by atoms with Gasteiger partial charge in [0.1, 0.15) is 17.2 Å². The van der Waals surface area contributed by atoms with Crippen molar-refractivity contribution in [1.29, 1.82) is 5.26 Å². The molecule has 0 saturated heterocycles. The lowest BCUT2D eigenvalue weighted by atomic mass is 9.80. The molecule has 8 nitrogen and oxygen atoms in total. The number of nitrogens with two attached hydrogens (primary N) is 1. The number of alkyl carbamates (subject to hydrolysis) is 1. The van der Waals surface area contributed by atoms with Gasteiger partial charge in [0.2, 0.25) is 11.8 Å². The summed E-state index contributed by atoms with van der Waals surface area (Å²) in [5.74, 6) is -0.830. The van der Waals surface area contributed by atoms with Crippen LogP contribution < -0.4 is 16.4 Å². The molecule has 1 unspecified atom stereocenters. The van der Waals surface area contributed by atoms with Crippen LogP contribution in [0, 0.1) is 11.3 Å². The van der Waals surface area contributed by atoms with Crippen molar-refractivity contribution >= 4 is 17.9 Å². The Bertz CT molecular complexity index is 1120. The van der Waals surface area contributed by atoms with Gasteiger partial charge in [-0.2, -0.15) is 5.26 Å². The molecule has 0 heterocycles. The SMILES string of the molecule is CC(C)(C)OC(=O)NC1(C(=O)NC(C#N)Cc2ccc(-c3ccc(C(N)=O)cc3)cc2)CCCCC1. The van der Waals surface area contributed by atoms with Crippen LogP contribution in [0.25, 0.3) is 11.1 Å². The number of nitrogens with zero attached hydrogens (tertiary/aromatic N) is 1. The lowest BCUT2D eigenvalue weighted by Crippen LogP contribution is -2.61. The molecule has 8 heteroatoms. The van der Waals surface area contributed by atoms with Crippen LogP contribution in [0.3, 0.4) is 0 Å². The summed E-state index contributed by atoms with van der Waals surface area (Å²) in [5, 5.41) is 15.4. The highest BCUT2D eigenvalue weighted by Crippen LogP contribution is 2.29. The number of carbonyl (C=O) groups excluding carboxylic acids is 3. The molecule has 1 saturated carbocycles. The molecule has 0 aromatic heterocycles. The van der Waals surface area contributed by atoms with Crippen LogP contribution in [-0.2, 0) is 16.0 Å². The normalized spacial score (nSPS) is 15.7. The standard InChI is InChI=1S/C28H34N4O4/c1-27(2,3)36-26(35)32-28(15-5-4-6-16-28)25(34)31-23(18-29)17-19-7-9-20(10-8-19)21-11-13-22(14-12-21)24(30)33/h7-14,23H,4-6,15-17H2,1-3H3,(H2,30,33)(H,31,34)(H,32,35). The van der Waals surface area contributed by atoms with E-state index in [0.29, 0.717) is 24.8 Å². The largest absolute Gasteiger partial charge is 0.444 e. The molecule has 1 atom stereocenters. The summed E-state index contributed by atoms with van der Waals surface area (Å²) in [5.41, 5.74) is 6.75. The molecule has 0 aliphatic heterocycles. The van der Waals surface area contributed by atoms with Gasteiger partial charge in [-0.15, -0.1) is 0 Å². The third kappa shape index (κ3) is 7.08. The highest BCUT2D eigenvalue weighted by Gasteiger charge is 2.42. The fourth-order valence-electron chi connectivity index (χ4n) is 4.38. The molecule has 1 aliphatic rings. The van der Waals surface area contributed by atoms with Crippen molar-refractivity contribution < 1.29 is 19.1 Å². The molecule has 2 aromatic rings. The van der Waals surface area contributed by atoms with Gasteiger partial charge in [0, 0.05) is 12.0 Å². The van der Waals surface area contributed by atoms with Crippen LogP contribution >= 0.6 is 0 Å².